The summed E-state index contributed by atoms with van der Waals surface area (Å²) < 4.78 is 1.94. The van der Waals surface area contributed by atoms with E-state index in [2.05, 4.69) is 33.4 Å². The van der Waals surface area contributed by atoms with Crippen LogP contribution in [0.15, 0.2) is 18.5 Å². The van der Waals surface area contributed by atoms with Crippen LogP contribution in [0.25, 0.3) is 0 Å². The van der Waals surface area contributed by atoms with Gasteiger partial charge in [0, 0.05) is 31.6 Å². The second kappa shape index (κ2) is 5.82. The molecule has 2 heterocycles. The molecule has 0 spiro atoms. The minimum atomic E-state index is 0.217. The summed E-state index contributed by atoms with van der Waals surface area (Å²) in [6.45, 7) is 5.17. The zero-order valence-corrected chi connectivity index (χ0v) is 11.3. The topological polar surface area (TPSA) is 58.5 Å². The molecule has 0 aromatic carbocycles. The highest BCUT2D eigenvalue weighted by Gasteiger charge is 2.16. The summed E-state index contributed by atoms with van der Waals surface area (Å²) in [7, 11) is 1.99. The van der Waals surface area contributed by atoms with Crippen LogP contribution in [0.4, 0.5) is 0 Å². The molecule has 2 N–H and O–H groups in total. The largest absolute Gasteiger partial charge is 0.347 e. The number of aryl methyl sites for hydroxylation is 2. The molecule has 0 radical (unpaired) electrons. The first-order valence-corrected chi connectivity index (χ1v) is 6.43. The van der Waals surface area contributed by atoms with Crippen molar-refractivity contribution in [3.63, 3.8) is 0 Å². The molecule has 2 aromatic heterocycles. The fraction of sp³-hybridized carbons (Fsp3) is 0.538. The SMILES string of the molecule is CCCNC(Cc1cc(C)nn1C)c1ncc[nH]1. The Hall–Kier alpha value is -1.62. The van der Waals surface area contributed by atoms with Gasteiger partial charge in [0.1, 0.15) is 5.82 Å². The average Bonchev–Trinajstić information content (AvgIpc) is 2.95. The van der Waals surface area contributed by atoms with Crippen LogP contribution >= 0.6 is 0 Å². The first-order valence-electron chi connectivity index (χ1n) is 6.43. The lowest BCUT2D eigenvalue weighted by Gasteiger charge is -2.16. The van der Waals surface area contributed by atoms with Crippen molar-refractivity contribution in [3.8, 4) is 0 Å². The van der Waals surface area contributed by atoms with E-state index >= 15 is 0 Å². The Labute approximate surface area is 108 Å². The number of nitrogens with zero attached hydrogens (tertiary/aromatic N) is 3. The zero-order valence-electron chi connectivity index (χ0n) is 11.3. The molecule has 0 saturated carbocycles. The van der Waals surface area contributed by atoms with E-state index in [0.717, 1.165) is 30.9 Å². The lowest BCUT2D eigenvalue weighted by Crippen LogP contribution is -2.25. The van der Waals surface area contributed by atoms with Gasteiger partial charge >= 0.3 is 0 Å². The number of H-pyrrole nitrogens is 1. The first-order chi connectivity index (χ1) is 8.70. The zero-order chi connectivity index (χ0) is 13.0. The number of hydrogen-bond acceptors (Lipinski definition) is 3. The van der Waals surface area contributed by atoms with Gasteiger partial charge in [-0.05, 0) is 26.0 Å². The molecule has 0 bridgehead atoms. The van der Waals surface area contributed by atoms with Gasteiger partial charge in [-0.3, -0.25) is 4.68 Å². The highest BCUT2D eigenvalue weighted by Crippen LogP contribution is 2.15. The van der Waals surface area contributed by atoms with E-state index in [4.69, 9.17) is 0 Å². The summed E-state index contributed by atoms with van der Waals surface area (Å²) in [6.07, 6.45) is 5.67. The molecule has 1 atom stereocenters. The van der Waals surface area contributed by atoms with E-state index in [1.54, 1.807) is 6.20 Å². The minimum Gasteiger partial charge on any atom is -0.347 e. The molecule has 5 nitrogen and oxygen atoms in total. The maximum Gasteiger partial charge on any atom is 0.123 e. The van der Waals surface area contributed by atoms with E-state index in [9.17, 15) is 0 Å². The quantitative estimate of drug-likeness (QED) is 0.817. The van der Waals surface area contributed by atoms with Gasteiger partial charge in [0.2, 0.25) is 0 Å². The van der Waals surface area contributed by atoms with Crippen molar-refractivity contribution < 1.29 is 0 Å². The number of aromatic amines is 1. The summed E-state index contributed by atoms with van der Waals surface area (Å²) >= 11 is 0. The van der Waals surface area contributed by atoms with Crippen LogP contribution < -0.4 is 5.32 Å². The van der Waals surface area contributed by atoms with E-state index in [1.165, 1.54) is 5.69 Å². The number of nitrogens with one attached hydrogen (secondary N) is 2. The predicted molar refractivity (Wildman–Crippen MR) is 71.3 cm³/mol. The van der Waals surface area contributed by atoms with Gasteiger partial charge in [0.25, 0.3) is 0 Å². The standard InChI is InChI=1S/C13H21N5/c1-4-5-14-12(13-15-6-7-16-13)9-11-8-10(2)17-18(11)3/h6-8,12,14H,4-5,9H2,1-3H3,(H,15,16). The van der Waals surface area contributed by atoms with Gasteiger partial charge in [-0.25, -0.2) is 4.98 Å². The lowest BCUT2D eigenvalue weighted by molar-refractivity contribution is 0.493. The van der Waals surface area contributed by atoms with Gasteiger partial charge in [-0.15, -0.1) is 0 Å². The Morgan fingerprint density at radius 1 is 1.50 bits per heavy atom. The van der Waals surface area contributed by atoms with Crippen LogP contribution in [-0.2, 0) is 13.5 Å². The third-order valence-electron chi connectivity index (χ3n) is 3.00. The van der Waals surface area contributed by atoms with Crippen molar-refractivity contribution >= 4 is 0 Å². The Morgan fingerprint density at radius 2 is 2.33 bits per heavy atom. The lowest BCUT2D eigenvalue weighted by atomic mass is 10.1. The molecule has 2 rings (SSSR count). The highest BCUT2D eigenvalue weighted by molar-refractivity contribution is 5.12. The molecule has 0 saturated heterocycles. The van der Waals surface area contributed by atoms with Gasteiger partial charge < -0.3 is 10.3 Å². The van der Waals surface area contributed by atoms with Crippen LogP contribution in [0, 0.1) is 6.92 Å². The van der Waals surface area contributed by atoms with E-state index < -0.39 is 0 Å². The fourth-order valence-electron chi connectivity index (χ4n) is 2.12. The molecule has 1 unspecified atom stereocenters. The number of rotatable bonds is 6. The second-order valence-electron chi connectivity index (χ2n) is 4.59. The van der Waals surface area contributed by atoms with Crippen molar-refractivity contribution in [2.75, 3.05) is 6.54 Å². The van der Waals surface area contributed by atoms with E-state index in [0.29, 0.717) is 0 Å². The number of imidazole rings is 1. The molecule has 0 fully saturated rings. The van der Waals surface area contributed by atoms with Crippen LogP contribution in [0.5, 0.6) is 0 Å². The molecule has 0 aliphatic rings. The third-order valence-corrected chi connectivity index (χ3v) is 3.00. The summed E-state index contributed by atoms with van der Waals surface area (Å²) in [6, 6.07) is 2.35. The molecule has 5 heteroatoms. The minimum absolute atomic E-state index is 0.217. The molecule has 98 valence electrons. The maximum atomic E-state index is 4.38. The van der Waals surface area contributed by atoms with Crippen molar-refractivity contribution in [2.24, 2.45) is 7.05 Å². The molecule has 18 heavy (non-hydrogen) atoms. The van der Waals surface area contributed by atoms with Gasteiger partial charge in [-0.1, -0.05) is 6.92 Å². The number of aromatic nitrogens is 4. The molecule has 0 aliphatic heterocycles. The van der Waals surface area contributed by atoms with Crippen molar-refractivity contribution in [3.05, 3.63) is 35.7 Å². The Bertz CT molecular complexity index is 472. The Morgan fingerprint density at radius 3 is 2.89 bits per heavy atom. The predicted octanol–water partition coefficient (Wildman–Crippen LogP) is 1.74. The molecular formula is C13H21N5. The van der Waals surface area contributed by atoms with Crippen LogP contribution in [0.3, 0.4) is 0 Å². The van der Waals surface area contributed by atoms with Gasteiger partial charge in [0.05, 0.1) is 11.7 Å². The molecular weight excluding hydrogens is 226 g/mol. The highest BCUT2D eigenvalue weighted by atomic mass is 15.3. The molecule has 2 aromatic rings. The average molecular weight is 247 g/mol. The third kappa shape index (κ3) is 2.98. The van der Waals surface area contributed by atoms with Crippen LogP contribution in [0.2, 0.25) is 0 Å². The van der Waals surface area contributed by atoms with Crippen LogP contribution in [-0.4, -0.2) is 26.3 Å². The smallest absolute Gasteiger partial charge is 0.123 e. The van der Waals surface area contributed by atoms with Crippen molar-refractivity contribution in [1.82, 2.24) is 25.1 Å². The van der Waals surface area contributed by atoms with Gasteiger partial charge in [0.15, 0.2) is 0 Å². The monoisotopic (exact) mass is 247 g/mol. The fourth-order valence-corrected chi connectivity index (χ4v) is 2.12. The summed E-state index contributed by atoms with van der Waals surface area (Å²) in [5, 5.41) is 7.91. The maximum absolute atomic E-state index is 4.38. The Kier molecular flexibility index (Phi) is 4.15. The van der Waals surface area contributed by atoms with E-state index in [-0.39, 0.29) is 6.04 Å². The molecule has 0 aliphatic carbocycles. The van der Waals surface area contributed by atoms with E-state index in [1.807, 2.05) is 24.9 Å². The normalized spacial score (nSPS) is 12.8. The van der Waals surface area contributed by atoms with Gasteiger partial charge in [-0.2, -0.15) is 5.10 Å². The summed E-state index contributed by atoms with van der Waals surface area (Å²) in [4.78, 5) is 7.54. The number of hydrogen-bond donors (Lipinski definition) is 2. The molecule has 0 amide bonds. The summed E-state index contributed by atoms with van der Waals surface area (Å²) in [5.74, 6) is 0.988. The van der Waals surface area contributed by atoms with Crippen molar-refractivity contribution in [1.29, 1.82) is 0 Å². The first kappa shape index (κ1) is 12.8. The van der Waals surface area contributed by atoms with Crippen molar-refractivity contribution in [2.45, 2.75) is 32.7 Å². The Balaban J connectivity index is 2.12. The van der Waals surface area contributed by atoms with Crippen LogP contribution in [0.1, 0.15) is 36.6 Å². The summed E-state index contributed by atoms with van der Waals surface area (Å²) in [5.41, 5.74) is 2.28. The second-order valence-corrected chi connectivity index (χ2v) is 4.59.